The van der Waals surface area contributed by atoms with E-state index in [2.05, 4.69) is 36.7 Å². The molecule has 116 valence electrons. The number of aromatic nitrogens is 2. The number of aromatic hydroxyl groups is 1. The number of aryl methyl sites for hydroxylation is 2. The first-order valence-corrected chi connectivity index (χ1v) is 7.53. The van der Waals surface area contributed by atoms with Crippen molar-refractivity contribution in [2.75, 3.05) is 7.11 Å². The van der Waals surface area contributed by atoms with Crippen LogP contribution < -0.4 is 4.74 Å². The van der Waals surface area contributed by atoms with Gasteiger partial charge in [0.2, 0.25) is 5.88 Å². The van der Waals surface area contributed by atoms with Crippen LogP contribution in [0.25, 0.3) is 27.4 Å². The van der Waals surface area contributed by atoms with Gasteiger partial charge in [-0.1, -0.05) is 6.07 Å². The lowest BCUT2D eigenvalue weighted by Crippen LogP contribution is -1.93. The van der Waals surface area contributed by atoms with Crippen molar-refractivity contribution in [2.45, 2.75) is 6.92 Å². The van der Waals surface area contributed by atoms with Gasteiger partial charge in [0.25, 0.3) is 0 Å². The number of methoxy groups -OCH3 is 1. The second kappa shape index (κ2) is 4.81. The summed E-state index contributed by atoms with van der Waals surface area (Å²) in [6.45, 7) is 2.09. The van der Waals surface area contributed by atoms with Crippen LogP contribution in [0.3, 0.4) is 0 Å². The molecule has 0 spiro atoms. The summed E-state index contributed by atoms with van der Waals surface area (Å²) >= 11 is 0. The number of fused-ring (bicyclic) bond motifs is 2. The second-order valence-corrected chi connectivity index (χ2v) is 5.86. The topological polar surface area (TPSA) is 39.3 Å². The lowest BCUT2D eigenvalue weighted by molar-refractivity contribution is 0.414. The summed E-state index contributed by atoms with van der Waals surface area (Å²) in [5.41, 5.74) is 3.30. The summed E-state index contributed by atoms with van der Waals surface area (Å²) in [6, 6.07) is 14.1. The predicted molar refractivity (Wildman–Crippen MR) is 92.7 cm³/mol. The first-order valence-electron chi connectivity index (χ1n) is 7.53. The van der Waals surface area contributed by atoms with Crippen molar-refractivity contribution in [3.63, 3.8) is 0 Å². The predicted octanol–water partition coefficient (Wildman–Crippen LogP) is 4.14. The highest BCUT2D eigenvalue weighted by Crippen LogP contribution is 2.33. The van der Waals surface area contributed by atoms with Crippen LogP contribution in [0, 0.1) is 6.92 Å². The Morgan fingerprint density at radius 3 is 2.57 bits per heavy atom. The van der Waals surface area contributed by atoms with Gasteiger partial charge in [-0.3, -0.25) is 4.57 Å². The van der Waals surface area contributed by atoms with Crippen molar-refractivity contribution in [3.8, 4) is 17.3 Å². The van der Waals surface area contributed by atoms with Gasteiger partial charge in [0.05, 0.1) is 18.3 Å². The highest BCUT2D eigenvalue weighted by atomic mass is 16.5. The molecule has 0 amide bonds. The van der Waals surface area contributed by atoms with Gasteiger partial charge in [0, 0.05) is 29.7 Å². The minimum absolute atomic E-state index is 0.226. The molecule has 0 fully saturated rings. The van der Waals surface area contributed by atoms with Crippen LogP contribution in [0.15, 0.2) is 48.7 Å². The van der Waals surface area contributed by atoms with Crippen molar-refractivity contribution in [1.82, 2.24) is 9.13 Å². The van der Waals surface area contributed by atoms with E-state index in [1.165, 1.54) is 11.1 Å². The molecule has 0 saturated heterocycles. The zero-order valence-corrected chi connectivity index (χ0v) is 13.4. The Hall–Kier alpha value is -2.88. The van der Waals surface area contributed by atoms with Crippen LogP contribution in [0.2, 0.25) is 0 Å². The van der Waals surface area contributed by atoms with Gasteiger partial charge in [0.15, 0.2) is 0 Å². The molecule has 4 aromatic rings. The van der Waals surface area contributed by atoms with E-state index in [9.17, 15) is 5.11 Å². The first kappa shape index (κ1) is 13.8. The van der Waals surface area contributed by atoms with Crippen molar-refractivity contribution >= 4 is 21.7 Å². The standard InChI is InChI=1S/C19H18N2O2/c1-12-8-13-4-6-15(9-18(13)20(12)2)21-11-14-5-7-16(23-3)10-17(14)19(21)22/h4-11,22H,1-3H3. The maximum atomic E-state index is 10.6. The molecule has 2 aromatic carbocycles. The Kier molecular flexibility index (Phi) is 2.88. The molecule has 2 aromatic heterocycles. The smallest absolute Gasteiger partial charge is 0.203 e. The van der Waals surface area contributed by atoms with E-state index in [0.717, 1.165) is 27.7 Å². The van der Waals surface area contributed by atoms with E-state index >= 15 is 0 Å². The molecule has 1 N–H and O–H groups in total. The number of rotatable bonds is 2. The number of benzene rings is 2. The summed E-state index contributed by atoms with van der Waals surface area (Å²) < 4.78 is 9.21. The summed E-state index contributed by atoms with van der Waals surface area (Å²) in [5.74, 6) is 0.961. The molecular weight excluding hydrogens is 288 g/mol. The summed E-state index contributed by atoms with van der Waals surface area (Å²) in [4.78, 5) is 0. The lowest BCUT2D eigenvalue weighted by atomic mass is 10.2. The third-order valence-corrected chi connectivity index (χ3v) is 4.54. The van der Waals surface area contributed by atoms with Crippen LogP contribution in [-0.4, -0.2) is 21.4 Å². The number of hydrogen-bond donors (Lipinski definition) is 1. The maximum Gasteiger partial charge on any atom is 0.203 e. The van der Waals surface area contributed by atoms with Crippen molar-refractivity contribution in [3.05, 3.63) is 54.4 Å². The first-order chi connectivity index (χ1) is 11.1. The number of hydrogen-bond acceptors (Lipinski definition) is 2. The van der Waals surface area contributed by atoms with Crippen molar-refractivity contribution < 1.29 is 9.84 Å². The van der Waals surface area contributed by atoms with Gasteiger partial charge in [-0.05, 0) is 48.7 Å². The minimum atomic E-state index is 0.226. The Morgan fingerprint density at radius 1 is 1.00 bits per heavy atom. The fourth-order valence-electron chi connectivity index (χ4n) is 3.10. The minimum Gasteiger partial charge on any atom is -0.497 e. The van der Waals surface area contributed by atoms with Gasteiger partial charge in [-0.2, -0.15) is 0 Å². The average Bonchev–Trinajstić information content (AvgIpc) is 3.04. The Balaban J connectivity index is 1.94. The van der Waals surface area contributed by atoms with Gasteiger partial charge in [-0.15, -0.1) is 0 Å². The van der Waals surface area contributed by atoms with Gasteiger partial charge in [-0.25, -0.2) is 0 Å². The molecule has 4 heteroatoms. The van der Waals surface area contributed by atoms with Crippen LogP contribution in [-0.2, 0) is 7.05 Å². The van der Waals surface area contributed by atoms with E-state index in [1.807, 2.05) is 35.0 Å². The summed E-state index contributed by atoms with van der Waals surface area (Å²) in [6.07, 6.45) is 1.95. The monoisotopic (exact) mass is 306 g/mol. The van der Waals surface area contributed by atoms with E-state index in [-0.39, 0.29) is 5.88 Å². The second-order valence-electron chi connectivity index (χ2n) is 5.86. The molecule has 0 bridgehead atoms. The molecule has 0 atom stereocenters. The Bertz CT molecular complexity index is 1040. The lowest BCUT2D eigenvalue weighted by Gasteiger charge is -2.06. The fourth-order valence-corrected chi connectivity index (χ4v) is 3.10. The summed E-state index contributed by atoms with van der Waals surface area (Å²) in [5, 5.41) is 13.6. The highest BCUT2D eigenvalue weighted by molar-refractivity contribution is 5.91. The number of nitrogens with zero attached hydrogens (tertiary/aromatic N) is 2. The van der Waals surface area contributed by atoms with Crippen LogP contribution in [0.4, 0.5) is 0 Å². The molecule has 0 unspecified atom stereocenters. The molecule has 0 aliphatic rings. The van der Waals surface area contributed by atoms with Crippen LogP contribution >= 0.6 is 0 Å². The molecule has 0 aliphatic heterocycles. The van der Waals surface area contributed by atoms with Crippen molar-refractivity contribution in [1.29, 1.82) is 0 Å². The number of ether oxygens (including phenoxy) is 1. The largest absolute Gasteiger partial charge is 0.497 e. The molecular formula is C19H18N2O2. The quantitative estimate of drug-likeness (QED) is 0.604. The Morgan fingerprint density at radius 2 is 1.78 bits per heavy atom. The van der Waals surface area contributed by atoms with E-state index in [0.29, 0.717) is 0 Å². The maximum absolute atomic E-state index is 10.6. The molecule has 2 heterocycles. The highest BCUT2D eigenvalue weighted by Gasteiger charge is 2.12. The molecule has 4 rings (SSSR count). The third-order valence-electron chi connectivity index (χ3n) is 4.54. The summed E-state index contributed by atoms with van der Waals surface area (Å²) in [7, 11) is 3.68. The molecule has 0 saturated carbocycles. The molecule has 23 heavy (non-hydrogen) atoms. The molecule has 0 aliphatic carbocycles. The molecule has 0 radical (unpaired) electrons. The SMILES string of the molecule is COc1ccc2cn(-c3ccc4cc(C)n(C)c4c3)c(O)c2c1. The zero-order chi connectivity index (χ0) is 16.1. The van der Waals surface area contributed by atoms with Gasteiger partial charge < -0.3 is 14.4 Å². The van der Waals surface area contributed by atoms with Gasteiger partial charge >= 0.3 is 0 Å². The van der Waals surface area contributed by atoms with Gasteiger partial charge in [0.1, 0.15) is 5.75 Å². The fraction of sp³-hybridized carbons (Fsp3) is 0.158. The average molecular weight is 306 g/mol. The van der Waals surface area contributed by atoms with Crippen LogP contribution in [0.5, 0.6) is 11.6 Å². The van der Waals surface area contributed by atoms with E-state index in [4.69, 9.17) is 4.74 Å². The van der Waals surface area contributed by atoms with Crippen molar-refractivity contribution in [2.24, 2.45) is 7.05 Å². The molecule has 4 nitrogen and oxygen atoms in total. The third kappa shape index (κ3) is 1.99. The Labute approximate surface area is 134 Å². The van der Waals surface area contributed by atoms with E-state index < -0.39 is 0 Å². The van der Waals surface area contributed by atoms with E-state index in [1.54, 1.807) is 7.11 Å². The normalized spacial score (nSPS) is 11.4. The zero-order valence-electron chi connectivity index (χ0n) is 13.4. The van der Waals surface area contributed by atoms with Crippen LogP contribution in [0.1, 0.15) is 5.69 Å².